The minimum Gasteiger partial charge on any atom is -0.494 e. The predicted molar refractivity (Wildman–Crippen MR) is 96.2 cm³/mol. The summed E-state index contributed by atoms with van der Waals surface area (Å²) in [6, 6.07) is 8.92. The third-order valence-electron chi connectivity index (χ3n) is 5.32. The number of likely N-dealkylation sites (tertiary alicyclic amines) is 1. The topological polar surface area (TPSA) is 32.7 Å². The highest BCUT2D eigenvalue weighted by atomic mass is 16.5. The molecule has 0 radical (unpaired) electrons. The quantitative estimate of drug-likeness (QED) is 0.699. The molecule has 1 saturated heterocycles. The molecule has 3 nitrogen and oxygen atoms in total. The van der Waals surface area contributed by atoms with Crippen molar-refractivity contribution in [3.63, 3.8) is 0 Å². The molecule has 0 amide bonds. The summed E-state index contributed by atoms with van der Waals surface area (Å²) in [7, 11) is 0. The maximum Gasteiger partial charge on any atom is 0.119 e. The SMILES string of the molecule is CCC(C)(C)c1cccc(OCCCCN2CCCC2CO)c1. The number of aliphatic hydroxyl groups is 1. The smallest absolute Gasteiger partial charge is 0.119 e. The first-order chi connectivity index (χ1) is 11.1. The van der Waals surface area contributed by atoms with Crippen LogP contribution in [0.4, 0.5) is 0 Å². The lowest BCUT2D eigenvalue weighted by Crippen LogP contribution is -2.33. The Morgan fingerprint density at radius 3 is 2.87 bits per heavy atom. The molecule has 130 valence electrons. The van der Waals surface area contributed by atoms with Gasteiger partial charge in [-0.25, -0.2) is 0 Å². The van der Waals surface area contributed by atoms with Gasteiger partial charge in [0.1, 0.15) is 5.75 Å². The summed E-state index contributed by atoms with van der Waals surface area (Å²) in [4.78, 5) is 2.42. The van der Waals surface area contributed by atoms with Gasteiger partial charge in [-0.2, -0.15) is 0 Å². The van der Waals surface area contributed by atoms with Crippen molar-refractivity contribution in [2.75, 3.05) is 26.3 Å². The average Bonchev–Trinajstić information content (AvgIpc) is 3.02. The van der Waals surface area contributed by atoms with E-state index < -0.39 is 0 Å². The molecule has 1 fully saturated rings. The third-order valence-corrected chi connectivity index (χ3v) is 5.32. The van der Waals surface area contributed by atoms with Crippen LogP contribution in [0.3, 0.4) is 0 Å². The van der Waals surface area contributed by atoms with Gasteiger partial charge in [0.15, 0.2) is 0 Å². The van der Waals surface area contributed by atoms with E-state index in [2.05, 4.69) is 49.9 Å². The van der Waals surface area contributed by atoms with Crippen LogP contribution in [0.1, 0.15) is 58.4 Å². The normalized spacial score (nSPS) is 19.2. The Bertz CT molecular complexity index is 472. The standard InChI is InChI=1S/C20H33NO2/c1-4-20(2,3)17-9-7-11-19(15-17)23-14-6-5-12-21-13-8-10-18(21)16-22/h7,9,11,15,18,22H,4-6,8,10,12-14,16H2,1-3H3. The predicted octanol–water partition coefficient (Wildman–Crippen LogP) is 3.99. The largest absolute Gasteiger partial charge is 0.494 e. The Balaban J connectivity index is 1.71. The molecule has 1 aliphatic heterocycles. The summed E-state index contributed by atoms with van der Waals surface area (Å²) < 4.78 is 5.94. The highest BCUT2D eigenvalue weighted by molar-refractivity contribution is 5.33. The molecular formula is C20H33NO2. The van der Waals surface area contributed by atoms with E-state index in [4.69, 9.17) is 4.74 Å². The number of nitrogens with zero attached hydrogens (tertiary/aromatic N) is 1. The summed E-state index contributed by atoms with van der Waals surface area (Å²) in [5.74, 6) is 0.985. The zero-order chi connectivity index (χ0) is 16.7. The Labute approximate surface area is 141 Å². The van der Waals surface area contributed by atoms with Crippen LogP contribution >= 0.6 is 0 Å². The molecule has 0 spiro atoms. The van der Waals surface area contributed by atoms with E-state index in [-0.39, 0.29) is 5.41 Å². The zero-order valence-electron chi connectivity index (χ0n) is 15.1. The van der Waals surface area contributed by atoms with Gasteiger partial charge in [0.25, 0.3) is 0 Å². The molecule has 1 aromatic carbocycles. The van der Waals surface area contributed by atoms with E-state index in [1.807, 2.05) is 0 Å². The van der Waals surface area contributed by atoms with Crippen LogP contribution in [0, 0.1) is 0 Å². The van der Waals surface area contributed by atoms with Gasteiger partial charge in [-0.3, -0.25) is 4.90 Å². The lowest BCUT2D eigenvalue weighted by molar-refractivity contribution is 0.155. The van der Waals surface area contributed by atoms with E-state index in [1.54, 1.807) is 0 Å². The molecule has 1 aromatic rings. The number of rotatable bonds is 9. The summed E-state index contributed by atoms with van der Waals surface area (Å²) in [6.45, 7) is 10.1. The van der Waals surface area contributed by atoms with Gasteiger partial charge in [-0.05, 0) is 68.3 Å². The second-order valence-electron chi connectivity index (χ2n) is 7.34. The third kappa shape index (κ3) is 5.22. The van der Waals surface area contributed by atoms with Crippen molar-refractivity contribution in [3.05, 3.63) is 29.8 Å². The second kappa shape index (κ2) is 8.70. The summed E-state index contributed by atoms with van der Waals surface area (Å²) >= 11 is 0. The van der Waals surface area contributed by atoms with E-state index in [9.17, 15) is 5.11 Å². The van der Waals surface area contributed by atoms with Crippen LogP contribution in [-0.4, -0.2) is 42.4 Å². The van der Waals surface area contributed by atoms with Gasteiger partial charge >= 0.3 is 0 Å². The minimum atomic E-state index is 0.203. The van der Waals surface area contributed by atoms with E-state index in [1.165, 1.54) is 12.0 Å². The number of benzene rings is 1. The van der Waals surface area contributed by atoms with Gasteiger partial charge in [0, 0.05) is 6.04 Å². The van der Waals surface area contributed by atoms with Crippen molar-refractivity contribution in [1.29, 1.82) is 0 Å². The van der Waals surface area contributed by atoms with Crippen molar-refractivity contribution in [2.24, 2.45) is 0 Å². The van der Waals surface area contributed by atoms with Crippen LogP contribution in [-0.2, 0) is 5.41 Å². The minimum absolute atomic E-state index is 0.203. The first-order valence-corrected chi connectivity index (χ1v) is 9.15. The maximum absolute atomic E-state index is 9.33. The fourth-order valence-electron chi connectivity index (χ4n) is 3.21. The molecule has 2 rings (SSSR count). The highest BCUT2D eigenvalue weighted by Gasteiger charge is 2.22. The molecular weight excluding hydrogens is 286 g/mol. The molecule has 0 aliphatic carbocycles. The van der Waals surface area contributed by atoms with Crippen molar-refractivity contribution in [1.82, 2.24) is 4.90 Å². The first kappa shape index (κ1) is 18.3. The second-order valence-corrected chi connectivity index (χ2v) is 7.34. The van der Waals surface area contributed by atoms with E-state index in [0.717, 1.165) is 51.1 Å². The Kier molecular flexibility index (Phi) is 6.91. The monoisotopic (exact) mass is 319 g/mol. The van der Waals surface area contributed by atoms with Gasteiger partial charge in [-0.15, -0.1) is 0 Å². The molecule has 0 saturated carbocycles. The van der Waals surface area contributed by atoms with Gasteiger partial charge in [0.2, 0.25) is 0 Å². The molecule has 1 heterocycles. The van der Waals surface area contributed by atoms with Crippen LogP contribution in [0.5, 0.6) is 5.75 Å². The molecule has 0 bridgehead atoms. The molecule has 23 heavy (non-hydrogen) atoms. The Morgan fingerprint density at radius 2 is 2.13 bits per heavy atom. The molecule has 0 aromatic heterocycles. The van der Waals surface area contributed by atoms with Gasteiger partial charge < -0.3 is 9.84 Å². The van der Waals surface area contributed by atoms with Gasteiger partial charge in [0.05, 0.1) is 13.2 Å². The average molecular weight is 319 g/mol. The van der Waals surface area contributed by atoms with Crippen molar-refractivity contribution < 1.29 is 9.84 Å². The van der Waals surface area contributed by atoms with Crippen molar-refractivity contribution in [3.8, 4) is 5.75 Å². The number of unbranched alkanes of at least 4 members (excludes halogenated alkanes) is 1. The summed E-state index contributed by atoms with van der Waals surface area (Å²) in [5, 5.41) is 9.33. The molecule has 1 N–H and O–H groups in total. The summed E-state index contributed by atoms with van der Waals surface area (Å²) in [5.41, 5.74) is 1.55. The maximum atomic E-state index is 9.33. The van der Waals surface area contributed by atoms with E-state index in [0.29, 0.717) is 12.6 Å². The fourth-order valence-corrected chi connectivity index (χ4v) is 3.21. The summed E-state index contributed by atoms with van der Waals surface area (Å²) in [6.07, 6.45) is 5.69. The van der Waals surface area contributed by atoms with Crippen LogP contribution < -0.4 is 4.74 Å². The van der Waals surface area contributed by atoms with Crippen LogP contribution in [0.2, 0.25) is 0 Å². The first-order valence-electron chi connectivity index (χ1n) is 9.15. The molecule has 1 unspecified atom stereocenters. The lowest BCUT2D eigenvalue weighted by Gasteiger charge is -2.24. The number of hydrogen-bond acceptors (Lipinski definition) is 3. The highest BCUT2D eigenvalue weighted by Crippen LogP contribution is 2.29. The number of aliphatic hydroxyl groups excluding tert-OH is 1. The number of ether oxygens (including phenoxy) is 1. The molecule has 1 aliphatic rings. The fraction of sp³-hybridized carbons (Fsp3) is 0.700. The lowest BCUT2D eigenvalue weighted by atomic mass is 9.82. The van der Waals surface area contributed by atoms with E-state index >= 15 is 0 Å². The Hall–Kier alpha value is -1.06. The van der Waals surface area contributed by atoms with Crippen LogP contribution in [0.25, 0.3) is 0 Å². The molecule has 3 heteroatoms. The Morgan fingerprint density at radius 1 is 1.30 bits per heavy atom. The molecule has 1 atom stereocenters. The van der Waals surface area contributed by atoms with Crippen LogP contribution in [0.15, 0.2) is 24.3 Å². The van der Waals surface area contributed by atoms with Crippen molar-refractivity contribution in [2.45, 2.75) is 64.3 Å². The van der Waals surface area contributed by atoms with Gasteiger partial charge in [-0.1, -0.05) is 32.9 Å². The number of hydrogen-bond donors (Lipinski definition) is 1. The zero-order valence-corrected chi connectivity index (χ0v) is 15.1. The van der Waals surface area contributed by atoms with Crippen molar-refractivity contribution >= 4 is 0 Å².